The highest BCUT2D eigenvalue weighted by Crippen LogP contribution is 2.24. The van der Waals surface area contributed by atoms with Gasteiger partial charge < -0.3 is 15.2 Å². The minimum absolute atomic E-state index is 0.196. The average Bonchev–Trinajstić information content (AvgIpc) is 2.59. The molecule has 22 heavy (non-hydrogen) atoms. The molecule has 1 aliphatic heterocycles. The number of piperazine rings is 1. The molecule has 0 radical (unpaired) electrons. The van der Waals surface area contributed by atoms with Crippen molar-refractivity contribution in [1.29, 1.82) is 0 Å². The summed E-state index contributed by atoms with van der Waals surface area (Å²) in [5.74, 6) is 0.884. The number of aliphatic hydroxyl groups is 1. The number of benzene rings is 1. The summed E-state index contributed by atoms with van der Waals surface area (Å²) in [5, 5.41) is 12.8. The Labute approximate surface area is 133 Å². The zero-order valence-electron chi connectivity index (χ0n) is 13.8. The van der Waals surface area contributed by atoms with E-state index in [9.17, 15) is 5.11 Å². The molecular weight excluding hydrogens is 278 g/mol. The fourth-order valence-electron chi connectivity index (χ4n) is 3.06. The maximum absolute atomic E-state index is 9.37. The van der Waals surface area contributed by atoms with Crippen LogP contribution in [0, 0.1) is 0 Å². The summed E-state index contributed by atoms with van der Waals surface area (Å²) in [5.41, 5.74) is 1.29. The first kappa shape index (κ1) is 17.2. The minimum Gasteiger partial charge on any atom is -0.497 e. The molecule has 2 rings (SSSR count). The molecule has 124 valence electrons. The summed E-state index contributed by atoms with van der Waals surface area (Å²) in [6.45, 7) is 9.28. The van der Waals surface area contributed by atoms with Crippen LogP contribution in [0.25, 0.3) is 0 Å². The average molecular weight is 307 g/mol. The molecule has 0 aromatic heterocycles. The number of rotatable bonds is 8. The molecule has 0 aliphatic carbocycles. The van der Waals surface area contributed by atoms with Crippen molar-refractivity contribution in [2.45, 2.75) is 13.0 Å². The Hall–Kier alpha value is -1.14. The van der Waals surface area contributed by atoms with Crippen molar-refractivity contribution in [2.75, 3.05) is 59.5 Å². The van der Waals surface area contributed by atoms with Gasteiger partial charge in [0.25, 0.3) is 0 Å². The van der Waals surface area contributed by atoms with Crippen LogP contribution in [-0.2, 0) is 0 Å². The Kier molecular flexibility index (Phi) is 7.12. The van der Waals surface area contributed by atoms with Gasteiger partial charge in [-0.1, -0.05) is 19.1 Å². The predicted octanol–water partition coefficient (Wildman–Crippen LogP) is 0.956. The van der Waals surface area contributed by atoms with Crippen LogP contribution >= 0.6 is 0 Å². The van der Waals surface area contributed by atoms with E-state index in [1.165, 1.54) is 5.56 Å². The molecule has 0 spiro atoms. The van der Waals surface area contributed by atoms with Crippen molar-refractivity contribution in [3.8, 4) is 5.75 Å². The lowest BCUT2D eigenvalue weighted by Crippen LogP contribution is -2.47. The van der Waals surface area contributed by atoms with Crippen molar-refractivity contribution < 1.29 is 9.84 Å². The van der Waals surface area contributed by atoms with Gasteiger partial charge in [-0.2, -0.15) is 0 Å². The van der Waals surface area contributed by atoms with Gasteiger partial charge in [-0.05, 0) is 24.2 Å². The van der Waals surface area contributed by atoms with Crippen molar-refractivity contribution in [3.05, 3.63) is 29.8 Å². The largest absolute Gasteiger partial charge is 0.497 e. The van der Waals surface area contributed by atoms with E-state index < -0.39 is 0 Å². The van der Waals surface area contributed by atoms with E-state index in [2.05, 4.69) is 34.2 Å². The molecule has 1 aromatic rings. The number of methoxy groups -OCH3 is 1. The lowest BCUT2D eigenvalue weighted by molar-refractivity contribution is 0.113. The van der Waals surface area contributed by atoms with E-state index in [0.717, 1.165) is 45.0 Å². The second-order valence-electron chi connectivity index (χ2n) is 5.69. The van der Waals surface area contributed by atoms with Crippen LogP contribution in [0.3, 0.4) is 0 Å². The van der Waals surface area contributed by atoms with Gasteiger partial charge in [-0.3, -0.25) is 9.80 Å². The predicted molar refractivity (Wildman–Crippen MR) is 89.4 cm³/mol. The van der Waals surface area contributed by atoms with Gasteiger partial charge in [0.2, 0.25) is 0 Å². The molecule has 0 bridgehead atoms. The van der Waals surface area contributed by atoms with Crippen LogP contribution in [-0.4, -0.2) is 74.4 Å². The summed E-state index contributed by atoms with van der Waals surface area (Å²) in [6.07, 6.45) is 0. The lowest BCUT2D eigenvalue weighted by Gasteiger charge is -2.36. The molecule has 5 nitrogen and oxygen atoms in total. The van der Waals surface area contributed by atoms with E-state index in [0.29, 0.717) is 12.6 Å². The summed E-state index contributed by atoms with van der Waals surface area (Å²) in [4.78, 5) is 4.86. The molecule has 1 saturated heterocycles. The fraction of sp³-hybridized carbons (Fsp3) is 0.647. The SMILES string of the molecule is CCN(CCO)C(CN1CCNCC1)c1ccc(OC)cc1. The molecule has 5 heteroatoms. The smallest absolute Gasteiger partial charge is 0.118 e. The highest BCUT2D eigenvalue weighted by molar-refractivity contribution is 5.29. The van der Waals surface area contributed by atoms with Crippen molar-refractivity contribution in [2.24, 2.45) is 0 Å². The highest BCUT2D eigenvalue weighted by atomic mass is 16.5. The molecule has 1 aliphatic rings. The van der Waals surface area contributed by atoms with E-state index >= 15 is 0 Å². The fourth-order valence-corrected chi connectivity index (χ4v) is 3.06. The molecule has 0 amide bonds. The van der Waals surface area contributed by atoms with Gasteiger partial charge in [0.15, 0.2) is 0 Å². The van der Waals surface area contributed by atoms with Crippen LogP contribution in [0.5, 0.6) is 5.75 Å². The molecule has 1 heterocycles. The molecule has 1 unspecified atom stereocenters. The van der Waals surface area contributed by atoms with E-state index in [4.69, 9.17) is 4.74 Å². The molecule has 1 fully saturated rings. The van der Waals surface area contributed by atoms with Crippen LogP contribution in [0.2, 0.25) is 0 Å². The number of hydrogen-bond acceptors (Lipinski definition) is 5. The van der Waals surface area contributed by atoms with Crippen molar-refractivity contribution in [1.82, 2.24) is 15.1 Å². The molecule has 2 N–H and O–H groups in total. The second kappa shape index (κ2) is 9.10. The van der Waals surface area contributed by atoms with Gasteiger partial charge in [0.1, 0.15) is 5.75 Å². The van der Waals surface area contributed by atoms with Gasteiger partial charge >= 0.3 is 0 Å². The topological polar surface area (TPSA) is 48.0 Å². The molecule has 1 atom stereocenters. The van der Waals surface area contributed by atoms with Gasteiger partial charge in [-0.25, -0.2) is 0 Å². The second-order valence-corrected chi connectivity index (χ2v) is 5.69. The summed E-state index contributed by atoms with van der Waals surface area (Å²) < 4.78 is 5.26. The summed E-state index contributed by atoms with van der Waals surface area (Å²) >= 11 is 0. The van der Waals surface area contributed by atoms with Gasteiger partial charge in [-0.15, -0.1) is 0 Å². The van der Waals surface area contributed by atoms with Crippen LogP contribution in [0.15, 0.2) is 24.3 Å². The molecule has 1 aromatic carbocycles. The maximum atomic E-state index is 9.37. The number of hydrogen-bond donors (Lipinski definition) is 2. The third-order valence-electron chi connectivity index (χ3n) is 4.38. The summed E-state index contributed by atoms with van der Waals surface area (Å²) in [7, 11) is 1.69. The van der Waals surface area contributed by atoms with Crippen LogP contribution < -0.4 is 10.1 Å². The van der Waals surface area contributed by atoms with Crippen molar-refractivity contribution >= 4 is 0 Å². The minimum atomic E-state index is 0.196. The van der Waals surface area contributed by atoms with E-state index in [-0.39, 0.29) is 6.61 Å². The third kappa shape index (κ3) is 4.68. The normalized spacial score (nSPS) is 17.6. The Balaban J connectivity index is 2.14. The van der Waals surface area contributed by atoms with Crippen molar-refractivity contribution in [3.63, 3.8) is 0 Å². The number of aliphatic hydroxyl groups excluding tert-OH is 1. The van der Waals surface area contributed by atoms with Gasteiger partial charge in [0.05, 0.1) is 13.7 Å². The number of likely N-dealkylation sites (N-methyl/N-ethyl adjacent to an activating group) is 1. The number of nitrogens with one attached hydrogen (secondary N) is 1. The van der Waals surface area contributed by atoms with Crippen LogP contribution in [0.1, 0.15) is 18.5 Å². The lowest BCUT2D eigenvalue weighted by atomic mass is 10.0. The monoisotopic (exact) mass is 307 g/mol. The first-order valence-electron chi connectivity index (χ1n) is 8.20. The zero-order chi connectivity index (χ0) is 15.8. The Bertz CT molecular complexity index is 418. The maximum Gasteiger partial charge on any atom is 0.118 e. The van der Waals surface area contributed by atoms with Gasteiger partial charge in [0, 0.05) is 45.3 Å². The first-order valence-corrected chi connectivity index (χ1v) is 8.20. The number of ether oxygens (including phenoxy) is 1. The quantitative estimate of drug-likeness (QED) is 0.749. The van der Waals surface area contributed by atoms with Crippen LogP contribution in [0.4, 0.5) is 0 Å². The van der Waals surface area contributed by atoms with E-state index in [1.54, 1.807) is 7.11 Å². The Morgan fingerprint density at radius 1 is 1.27 bits per heavy atom. The third-order valence-corrected chi connectivity index (χ3v) is 4.38. The molecule has 0 saturated carbocycles. The standard InChI is InChI=1S/C17H29N3O2/c1-3-20(12-13-21)17(14-19-10-8-18-9-11-19)15-4-6-16(22-2)7-5-15/h4-7,17-18,21H,3,8-14H2,1-2H3. The summed E-state index contributed by atoms with van der Waals surface area (Å²) in [6, 6.07) is 8.64. The zero-order valence-corrected chi connectivity index (χ0v) is 13.8. The molecular formula is C17H29N3O2. The Morgan fingerprint density at radius 2 is 1.95 bits per heavy atom. The Morgan fingerprint density at radius 3 is 2.50 bits per heavy atom. The first-order chi connectivity index (χ1) is 10.8. The van der Waals surface area contributed by atoms with E-state index in [1.807, 2.05) is 12.1 Å². The number of nitrogens with zero attached hydrogens (tertiary/aromatic N) is 2. The highest BCUT2D eigenvalue weighted by Gasteiger charge is 2.22.